The second-order valence-corrected chi connectivity index (χ2v) is 4.77. The Morgan fingerprint density at radius 3 is 2.19 bits per heavy atom. The molecule has 0 aliphatic heterocycles. The number of hydrogen-bond donors (Lipinski definition) is 1. The quantitative estimate of drug-likeness (QED) is 0.664. The highest BCUT2D eigenvalue weighted by Gasteiger charge is 2.32. The first kappa shape index (κ1) is 13.0. The molecule has 108 valence electrons. The van der Waals surface area contributed by atoms with Crippen LogP contribution in [0, 0.1) is 20.2 Å². The van der Waals surface area contributed by atoms with Gasteiger partial charge in [0.05, 0.1) is 27.3 Å². The molecule has 10 nitrogen and oxygen atoms in total. The smallest absolute Gasteiger partial charge is 0.278 e. The number of anilines is 1. The summed E-state index contributed by atoms with van der Waals surface area (Å²) in [6.45, 7) is 0. The Kier molecular flexibility index (Phi) is 2.78. The van der Waals surface area contributed by atoms with E-state index in [1.807, 2.05) is 0 Å². The van der Waals surface area contributed by atoms with Gasteiger partial charge < -0.3 is 5.73 Å². The second kappa shape index (κ2) is 4.51. The van der Waals surface area contributed by atoms with Gasteiger partial charge in [-0.25, -0.2) is 4.68 Å². The van der Waals surface area contributed by atoms with Crippen LogP contribution in [0.2, 0.25) is 0 Å². The number of nitrogen functional groups attached to an aromatic ring is 1. The van der Waals surface area contributed by atoms with Crippen LogP contribution in [-0.4, -0.2) is 24.8 Å². The fourth-order valence-corrected chi connectivity index (χ4v) is 2.14. The molecule has 0 radical (unpaired) electrons. The Hall–Kier alpha value is -3.04. The van der Waals surface area contributed by atoms with Crippen molar-refractivity contribution in [1.29, 1.82) is 0 Å². The Bertz CT molecular complexity index is 719. The molecule has 2 N–H and O–H groups in total. The molecule has 21 heavy (non-hydrogen) atoms. The fourth-order valence-electron chi connectivity index (χ4n) is 2.14. The third-order valence-electron chi connectivity index (χ3n) is 3.25. The molecule has 10 heteroatoms. The van der Waals surface area contributed by atoms with Crippen LogP contribution in [0.1, 0.15) is 24.5 Å². The average Bonchev–Trinajstić information content (AvgIpc) is 3.20. The van der Waals surface area contributed by atoms with E-state index in [1.165, 1.54) is 16.8 Å². The van der Waals surface area contributed by atoms with Crippen LogP contribution in [0.5, 0.6) is 0 Å². The van der Waals surface area contributed by atoms with Gasteiger partial charge in [0, 0.05) is 18.1 Å². The van der Waals surface area contributed by atoms with Crippen molar-refractivity contribution in [3.05, 3.63) is 44.1 Å². The van der Waals surface area contributed by atoms with Crippen molar-refractivity contribution in [3.8, 4) is 5.69 Å². The lowest BCUT2D eigenvalue weighted by Crippen LogP contribution is -2.04. The maximum atomic E-state index is 10.9. The SMILES string of the molecule is Nc1nnn(-c2cc([N+](=O)[O-])cc([N+](=O)[O-])c2)c1C1CC1. The van der Waals surface area contributed by atoms with Gasteiger partial charge in [-0.15, -0.1) is 5.10 Å². The van der Waals surface area contributed by atoms with Gasteiger partial charge in [-0.2, -0.15) is 0 Å². The summed E-state index contributed by atoms with van der Waals surface area (Å²) in [5.41, 5.74) is 5.85. The molecule has 1 aromatic heterocycles. The van der Waals surface area contributed by atoms with Crippen molar-refractivity contribution in [2.24, 2.45) is 0 Å². The lowest BCUT2D eigenvalue weighted by atomic mass is 10.2. The summed E-state index contributed by atoms with van der Waals surface area (Å²) in [7, 11) is 0. The molecule has 0 bridgehead atoms. The molecule has 0 saturated heterocycles. The van der Waals surface area contributed by atoms with Crippen molar-refractivity contribution < 1.29 is 9.85 Å². The Balaban J connectivity index is 2.18. The molecule has 1 aliphatic rings. The van der Waals surface area contributed by atoms with Crippen LogP contribution in [0.3, 0.4) is 0 Å². The largest absolute Gasteiger partial charge is 0.381 e. The van der Waals surface area contributed by atoms with Gasteiger partial charge in [0.25, 0.3) is 11.4 Å². The molecule has 0 unspecified atom stereocenters. The third-order valence-corrected chi connectivity index (χ3v) is 3.25. The number of hydrogen-bond acceptors (Lipinski definition) is 7. The maximum absolute atomic E-state index is 10.9. The van der Waals surface area contributed by atoms with E-state index in [2.05, 4.69) is 10.3 Å². The predicted molar refractivity (Wildman–Crippen MR) is 71.1 cm³/mol. The Labute approximate surface area is 117 Å². The number of nitrogens with two attached hydrogens (primary N) is 1. The number of benzene rings is 1. The van der Waals surface area contributed by atoms with Crippen LogP contribution >= 0.6 is 0 Å². The highest BCUT2D eigenvalue weighted by molar-refractivity contribution is 5.55. The lowest BCUT2D eigenvalue weighted by Gasteiger charge is -2.05. The standard InChI is InChI=1S/C11H10N6O4/c12-11-10(6-1-2-6)15(14-13-11)7-3-8(16(18)19)5-9(4-7)17(20)21/h3-6H,1-2,12H2. The summed E-state index contributed by atoms with van der Waals surface area (Å²) < 4.78 is 1.34. The van der Waals surface area contributed by atoms with Gasteiger partial charge in [-0.1, -0.05) is 5.21 Å². The molecule has 0 spiro atoms. The fraction of sp³-hybridized carbons (Fsp3) is 0.273. The zero-order chi connectivity index (χ0) is 15.1. The van der Waals surface area contributed by atoms with Gasteiger partial charge in [0.1, 0.15) is 0 Å². The van der Waals surface area contributed by atoms with Gasteiger partial charge in [0.15, 0.2) is 5.82 Å². The average molecular weight is 290 g/mol. The highest BCUT2D eigenvalue weighted by Crippen LogP contribution is 2.43. The van der Waals surface area contributed by atoms with Crippen molar-refractivity contribution in [2.75, 3.05) is 5.73 Å². The summed E-state index contributed by atoms with van der Waals surface area (Å²) in [4.78, 5) is 20.4. The molecule has 1 fully saturated rings. The molecule has 0 amide bonds. The van der Waals surface area contributed by atoms with E-state index in [9.17, 15) is 20.2 Å². The molecule has 1 saturated carbocycles. The van der Waals surface area contributed by atoms with Crippen LogP contribution in [0.4, 0.5) is 17.2 Å². The van der Waals surface area contributed by atoms with Crippen molar-refractivity contribution in [1.82, 2.24) is 15.0 Å². The van der Waals surface area contributed by atoms with Crippen LogP contribution in [0.15, 0.2) is 18.2 Å². The summed E-state index contributed by atoms with van der Waals surface area (Å²) in [6, 6.07) is 3.33. The molecule has 1 heterocycles. The zero-order valence-corrected chi connectivity index (χ0v) is 10.7. The third kappa shape index (κ3) is 2.26. The van der Waals surface area contributed by atoms with Gasteiger partial charge >= 0.3 is 0 Å². The predicted octanol–water partition coefficient (Wildman–Crippen LogP) is 1.54. The second-order valence-electron chi connectivity index (χ2n) is 4.77. The lowest BCUT2D eigenvalue weighted by molar-refractivity contribution is -0.394. The molecule has 3 rings (SSSR count). The zero-order valence-electron chi connectivity index (χ0n) is 10.7. The summed E-state index contributed by atoms with van der Waals surface area (Å²) in [5, 5.41) is 29.4. The minimum Gasteiger partial charge on any atom is -0.381 e. The van der Waals surface area contributed by atoms with Crippen LogP contribution < -0.4 is 5.73 Å². The normalized spacial score (nSPS) is 14.1. The number of nitrogens with zero attached hydrogens (tertiary/aromatic N) is 5. The molecule has 2 aromatic rings. The van der Waals surface area contributed by atoms with Crippen molar-refractivity contribution in [3.63, 3.8) is 0 Å². The van der Waals surface area contributed by atoms with Crippen LogP contribution in [-0.2, 0) is 0 Å². The molecular weight excluding hydrogens is 280 g/mol. The van der Waals surface area contributed by atoms with Crippen molar-refractivity contribution in [2.45, 2.75) is 18.8 Å². The highest BCUT2D eigenvalue weighted by atomic mass is 16.6. The minimum atomic E-state index is -0.687. The minimum absolute atomic E-state index is 0.193. The maximum Gasteiger partial charge on any atom is 0.278 e. The van der Waals surface area contributed by atoms with E-state index in [0.29, 0.717) is 5.69 Å². The summed E-state index contributed by atoms with van der Waals surface area (Å²) in [5.74, 6) is 0.435. The van der Waals surface area contributed by atoms with Gasteiger partial charge in [-0.3, -0.25) is 20.2 Å². The first-order chi connectivity index (χ1) is 9.97. The van der Waals surface area contributed by atoms with Crippen LogP contribution in [0.25, 0.3) is 5.69 Å². The number of aromatic nitrogens is 3. The molecule has 1 aromatic carbocycles. The molecular formula is C11H10N6O4. The Morgan fingerprint density at radius 1 is 1.14 bits per heavy atom. The van der Waals surface area contributed by atoms with Gasteiger partial charge in [-0.05, 0) is 12.8 Å². The number of nitro groups is 2. The van der Waals surface area contributed by atoms with E-state index in [-0.39, 0.29) is 28.8 Å². The first-order valence-electron chi connectivity index (χ1n) is 6.12. The van der Waals surface area contributed by atoms with E-state index >= 15 is 0 Å². The number of rotatable bonds is 4. The van der Waals surface area contributed by atoms with E-state index < -0.39 is 9.85 Å². The summed E-state index contributed by atoms with van der Waals surface area (Å²) >= 11 is 0. The van der Waals surface area contributed by atoms with Crippen molar-refractivity contribution >= 4 is 17.2 Å². The van der Waals surface area contributed by atoms with E-state index in [0.717, 1.165) is 18.9 Å². The molecule has 1 aliphatic carbocycles. The number of non-ortho nitro benzene ring substituents is 2. The van der Waals surface area contributed by atoms with E-state index in [1.54, 1.807) is 0 Å². The number of nitro benzene ring substituents is 2. The first-order valence-corrected chi connectivity index (χ1v) is 6.12. The summed E-state index contributed by atoms with van der Waals surface area (Å²) in [6.07, 6.45) is 1.85. The topological polar surface area (TPSA) is 143 Å². The molecule has 0 atom stereocenters. The van der Waals surface area contributed by atoms with E-state index in [4.69, 9.17) is 5.73 Å². The monoisotopic (exact) mass is 290 g/mol. The van der Waals surface area contributed by atoms with Gasteiger partial charge in [0.2, 0.25) is 0 Å². The Morgan fingerprint density at radius 2 is 1.71 bits per heavy atom.